The van der Waals surface area contributed by atoms with Crippen molar-refractivity contribution >= 4 is 0 Å². The Kier molecular flexibility index (Phi) is 6.78. The Balaban J connectivity index is 1.84. The molecule has 0 amide bonds. The third kappa shape index (κ3) is 5.58. The van der Waals surface area contributed by atoms with Crippen LogP contribution in [0.25, 0.3) is 0 Å². The Bertz CT molecular complexity index is 514. The minimum atomic E-state index is 0.599. The summed E-state index contributed by atoms with van der Waals surface area (Å²) in [5, 5.41) is 3.42. The van der Waals surface area contributed by atoms with Crippen molar-refractivity contribution in [1.82, 2.24) is 5.32 Å². The summed E-state index contributed by atoms with van der Waals surface area (Å²) in [7, 11) is 1.73. The van der Waals surface area contributed by atoms with Gasteiger partial charge in [0.25, 0.3) is 0 Å². The normalized spacial score (nSPS) is 10.5. The minimum Gasteiger partial charge on any atom is -0.489 e. The predicted molar refractivity (Wildman–Crippen MR) is 85.4 cm³/mol. The monoisotopic (exact) mass is 285 g/mol. The number of hydrogen-bond acceptors (Lipinski definition) is 3. The molecule has 0 aliphatic carbocycles. The molecule has 2 aromatic rings. The molecule has 0 fully saturated rings. The van der Waals surface area contributed by atoms with Crippen LogP contribution in [0.5, 0.6) is 5.75 Å². The number of para-hydroxylation sites is 1. The summed E-state index contributed by atoms with van der Waals surface area (Å²) in [6.07, 6.45) is 1.02. The molecule has 3 nitrogen and oxygen atoms in total. The van der Waals surface area contributed by atoms with Crippen LogP contribution in [-0.2, 0) is 17.9 Å². The molecule has 0 radical (unpaired) electrons. The van der Waals surface area contributed by atoms with Crippen molar-refractivity contribution in [3.63, 3.8) is 0 Å². The smallest absolute Gasteiger partial charge is 0.124 e. The van der Waals surface area contributed by atoms with E-state index in [1.165, 1.54) is 11.1 Å². The highest BCUT2D eigenvalue weighted by molar-refractivity contribution is 5.33. The van der Waals surface area contributed by atoms with Gasteiger partial charge in [-0.25, -0.2) is 0 Å². The van der Waals surface area contributed by atoms with E-state index in [0.29, 0.717) is 6.61 Å². The van der Waals surface area contributed by atoms with E-state index in [4.69, 9.17) is 9.47 Å². The van der Waals surface area contributed by atoms with Crippen LogP contribution >= 0.6 is 0 Å². The van der Waals surface area contributed by atoms with Gasteiger partial charge in [-0.15, -0.1) is 0 Å². The van der Waals surface area contributed by atoms with E-state index < -0.39 is 0 Å². The summed E-state index contributed by atoms with van der Waals surface area (Å²) < 4.78 is 11.0. The Morgan fingerprint density at radius 1 is 0.952 bits per heavy atom. The molecule has 112 valence electrons. The van der Waals surface area contributed by atoms with Gasteiger partial charge in [0.1, 0.15) is 12.4 Å². The van der Waals surface area contributed by atoms with Gasteiger partial charge >= 0.3 is 0 Å². The van der Waals surface area contributed by atoms with Crippen LogP contribution in [0.3, 0.4) is 0 Å². The topological polar surface area (TPSA) is 30.5 Å². The van der Waals surface area contributed by atoms with E-state index in [1.807, 2.05) is 36.4 Å². The van der Waals surface area contributed by atoms with Crippen LogP contribution in [0.4, 0.5) is 0 Å². The average Bonchev–Trinajstić information content (AvgIpc) is 2.55. The summed E-state index contributed by atoms with van der Waals surface area (Å²) in [5.41, 5.74) is 2.37. The van der Waals surface area contributed by atoms with Crippen LogP contribution in [-0.4, -0.2) is 20.3 Å². The second-order valence-electron chi connectivity index (χ2n) is 4.91. The zero-order valence-electron chi connectivity index (χ0n) is 12.5. The lowest BCUT2D eigenvalue weighted by Gasteiger charge is -2.12. The Hall–Kier alpha value is -1.84. The van der Waals surface area contributed by atoms with Crippen LogP contribution in [0, 0.1) is 0 Å². The molecule has 0 saturated heterocycles. The fourth-order valence-electron chi connectivity index (χ4n) is 2.09. The van der Waals surface area contributed by atoms with Crippen LogP contribution in [0.2, 0.25) is 0 Å². The van der Waals surface area contributed by atoms with Gasteiger partial charge in [-0.05, 0) is 24.6 Å². The van der Waals surface area contributed by atoms with Crippen molar-refractivity contribution in [3.8, 4) is 5.75 Å². The predicted octanol–water partition coefficient (Wildman–Crippen LogP) is 3.39. The number of ether oxygens (including phenoxy) is 2. The lowest BCUT2D eigenvalue weighted by molar-refractivity contribution is 0.194. The molecule has 0 atom stereocenters. The summed E-state index contributed by atoms with van der Waals surface area (Å²) in [4.78, 5) is 0. The summed E-state index contributed by atoms with van der Waals surface area (Å²) in [5.74, 6) is 0.945. The Labute approximate surface area is 126 Å². The van der Waals surface area contributed by atoms with E-state index in [1.54, 1.807) is 7.11 Å². The van der Waals surface area contributed by atoms with Gasteiger partial charge in [-0.2, -0.15) is 0 Å². The highest BCUT2D eigenvalue weighted by Gasteiger charge is 2.03. The molecule has 21 heavy (non-hydrogen) atoms. The molecule has 0 unspecified atom stereocenters. The highest BCUT2D eigenvalue weighted by Crippen LogP contribution is 2.19. The molecule has 0 aliphatic heterocycles. The SMILES string of the molecule is COCCCNCc1ccccc1OCc1ccccc1. The number of hydrogen-bond donors (Lipinski definition) is 1. The fourth-order valence-corrected chi connectivity index (χ4v) is 2.09. The van der Waals surface area contributed by atoms with Gasteiger partial charge in [0, 0.05) is 25.8 Å². The van der Waals surface area contributed by atoms with Crippen molar-refractivity contribution in [1.29, 1.82) is 0 Å². The number of benzene rings is 2. The quantitative estimate of drug-likeness (QED) is 0.716. The lowest BCUT2D eigenvalue weighted by atomic mass is 10.2. The van der Waals surface area contributed by atoms with Gasteiger partial charge in [-0.1, -0.05) is 48.5 Å². The number of methoxy groups -OCH3 is 1. The summed E-state index contributed by atoms with van der Waals surface area (Å²) in [6, 6.07) is 18.4. The van der Waals surface area contributed by atoms with Gasteiger partial charge in [-0.3, -0.25) is 0 Å². The van der Waals surface area contributed by atoms with E-state index >= 15 is 0 Å². The molecule has 0 bridgehead atoms. The zero-order valence-corrected chi connectivity index (χ0v) is 12.5. The van der Waals surface area contributed by atoms with Crippen LogP contribution < -0.4 is 10.1 Å². The van der Waals surface area contributed by atoms with Crippen molar-refractivity contribution in [2.45, 2.75) is 19.6 Å². The van der Waals surface area contributed by atoms with Gasteiger partial charge in [0.15, 0.2) is 0 Å². The zero-order chi connectivity index (χ0) is 14.8. The average molecular weight is 285 g/mol. The summed E-state index contributed by atoms with van der Waals surface area (Å²) in [6.45, 7) is 3.15. The molecular formula is C18H23NO2. The lowest BCUT2D eigenvalue weighted by Crippen LogP contribution is -2.16. The third-order valence-electron chi connectivity index (χ3n) is 3.23. The van der Waals surface area contributed by atoms with Crippen molar-refractivity contribution in [3.05, 3.63) is 65.7 Å². The van der Waals surface area contributed by atoms with E-state index in [2.05, 4.69) is 23.5 Å². The molecule has 3 heteroatoms. The van der Waals surface area contributed by atoms with Crippen LogP contribution in [0.15, 0.2) is 54.6 Å². The van der Waals surface area contributed by atoms with E-state index in [9.17, 15) is 0 Å². The van der Waals surface area contributed by atoms with E-state index in [0.717, 1.165) is 31.9 Å². The highest BCUT2D eigenvalue weighted by atomic mass is 16.5. The Morgan fingerprint density at radius 3 is 2.52 bits per heavy atom. The molecule has 2 aromatic carbocycles. The van der Waals surface area contributed by atoms with Crippen molar-refractivity contribution < 1.29 is 9.47 Å². The standard InChI is InChI=1S/C18H23NO2/c1-20-13-7-12-19-14-17-10-5-6-11-18(17)21-15-16-8-3-2-4-9-16/h2-6,8-11,19H,7,12-15H2,1H3. The minimum absolute atomic E-state index is 0.599. The largest absolute Gasteiger partial charge is 0.489 e. The molecule has 1 N–H and O–H groups in total. The van der Waals surface area contributed by atoms with Gasteiger partial charge in [0.05, 0.1) is 0 Å². The third-order valence-corrected chi connectivity index (χ3v) is 3.23. The second-order valence-corrected chi connectivity index (χ2v) is 4.91. The first kappa shape index (κ1) is 15.5. The van der Waals surface area contributed by atoms with Gasteiger partial charge in [0.2, 0.25) is 0 Å². The second kappa shape index (κ2) is 9.16. The molecule has 2 rings (SSSR count). The van der Waals surface area contributed by atoms with E-state index in [-0.39, 0.29) is 0 Å². The summed E-state index contributed by atoms with van der Waals surface area (Å²) >= 11 is 0. The molecule has 0 aromatic heterocycles. The first-order valence-electron chi connectivity index (χ1n) is 7.34. The number of rotatable bonds is 9. The number of nitrogens with one attached hydrogen (secondary N) is 1. The van der Waals surface area contributed by atoms with Crippen molar-refractivity contribution in [2.75, 3.05) is 20.3 Å². The molecule has 0 spiro atoms. The first-order valence-corrected chi connectivity index (χ1v) is 7.34. The molecule has 0 aliphatic rings. The maximum Gasteiger partial charge on any atom is 0.124 e. The van der Waals surface area contributed by atoms with Gasteiger partial charge < -0.3 is 14.8 Å². The van der Waals surface area contributed by atoms with Crippen LogP contribution in [0.1, 0.15) is 17.5 Å². The maximum atomic E-state index is 5.94. The fraction of sp³-hybridized carbons (Fsp3) is 0.333. The van der Waals surface area contributed by atoms with Crippen molar-refractivity contribution in [2.24, 2.45) is 0 Å². The first-order chi connectivity index (χ1) is 10.4. The maximum absolute atomic E-state index is 5.94. The molecular weight excluding hydrogens is 262 g/mol. The molecule has 0 saturated carbocycles. The Morgan fingerprint density at radius 2 is 1.71 bits per heavy atom. The molecule has 0 heterocycles.